The largest absolute Gasteiger partial charge is 0.350 e. The molecule has 1 aromatic rings. The average molecular weight is 218 g/mol. The maximum atomic E-state index is 4.41. The van der Waals surface area contributed by atoms with Gasteiger partial charge in [-0.15, -0.1) is 0 Å². The number of aryl methyl sites for hydroxylation is 1. The second kappa shape index (κ2) is 4.01. The summed E-state index contributed by atoms with van der Waals surface area (Å²) < 4.78 is 0. The van der Waals surface area contributed by atoms with Crippen molar-refractivity contribution in [1.29, 1.82) is 0 Å². The predicted octanol–water partition coefficient (Wildman–Crippen LogP) is 1.29. The van der Waals surface area contributed by atoms with Crippen molar-refractivity contribution in [2.75, 3.05) is 25.0 Å². The van der Waals surface area contributed by atoms with Gasteiger partial charge in [-0.25, -0.2) is 9.97 Å². The van der Waals surface area contributed by atoms with Crippen LogP contribution in [0.3, 0.4) is 0 Å². The van der Waals surface area contributed by atoms with Crippen LogP contribution in [0.15, 0.2) is 12.3 Å². The molecule has 1 N–H and O–H groups in total. The zero-order valence-electron chi connectivity index (χ0n) is 9.69. The van der Waals surface area contributed by atoms with Crippen LogP contribution in [0.4, 0.5) is 5.95 Å². The summed E-state index contributed by atoms with van der Waals surface area (Å²) in [6.07, 6.45) is 4.47. The van der Waals surface area contributed by atoms with E-state index in [0.717, 1.165) is 24.1 Å². The summed E-state index contributed by atoms with van der Waals surface area (Å²) in [5, 5.41) is 3.49. The molecule has 3 aliphatic rings. The maximum Gasteiger partial charge on any atom is 0.223 e. The Balaban J connectivity index is 1.71. The first-order valence-corrected chi connectivity index (χ1v) is 6.10. The molecule has 3 fully saturated rings. The topological polar surface area (TPSA) is 41.1 Å². The number of fused-ring (bicyclic) bond motifs is 3. The van der Waals surface area contributed by atoms with Gasteiger partial charge in [0, 0.05) is 24.5 Å². The Hall–Kier alpha value is -1.16. The van der Waals surface area contributed by atoms with Gasteiger partial charge in [-0.05, 0) is 44.8 Å². The minimum absolute atomic E-state index is 0.546. The Morgan fingerprint density at radius 3 is 2.81 bits per heavy atom. The summed E-state index contributed by atoms with van der Waals surface area (Å²) in [5.74, 6) is 1.60. The number of anilines is 1. The van der Waals surface area contributed by atoms with E-state index in [4.69, 9.17) is 0 Å². The molecule has 2 bridgehead atoms. The molecule has 0 radical (unpaired) electrons. The van der Waals surface area contributed by atoms with Crippen molar-refractivity contribution in [3.8, 4) is 0 Å². The number of hydrogen-bond acceptors (Lipinski definition) is 4. The maximum absolute atomic E-state index is 4.41. The smallest absolute Gasteiger partial charge is 0.223 e. The van der Waals surface area contributed by atoms with Crippen molar-refractivity contribution < 1.29 is 0 Å². The molecule has 4 heterocycles. The van der Waals surface area contributed by atoms with E-state index in [2.05, 4.69) is 20.2 Å². The van der Waals surface area contributed by atoms with Crippen LogP contribution in [-0.4, -0.2) is 40.5 Å². The van der Waals surface area contributed by atoms with Crippen LogP contribution in [0.2, 0.25) is 0 Å². The van der Waals surface area contributed by atoms with Gasteiger partial charge in [-0.1, -0.05) is 0 Å². The lowest BCUT2D eigenvalue weighted by molar-refractivity contribution is 0.0972. The van der Waals surface area contributed by atoms with Crippen LogP contribution in [0.25, 0.3) is 0 Å². The highest BCUT2D eigenvalue weighted by molar-refractivity contribution is 5.27. The zero-order valence-corrected chi connectivity index (χ0v) is 9.69. The monoisotopic (exact) mass is 218 g/mol. The third kappa shape index (κ3) is 1.89. The molecule has 0 saturated carbocycles. The second-order valence-corrected chi connectivity index (χ2v) is 4.91. The molecule has 0 amide bonds. The normalized spacial score (nSPS) is 32.7. The third-order valence-corrected chi connectivity index (χ3v) is 3.77. The molecule has 3 saturated heterocycles. The van der Waals surface area contributed by atoms with Crippen LogP contribution in [-0.2, 0) is 0 Å². The van der Waals surface area contributed by atoms with Crippen molar-refractivity contribution in [2.45, 2.75) is 25.8 Å². The minimum Gasteiger partial charge on any atom is -0.350 e. The number of aromatic nitrogens is 2. The molecule has 16 heavy (non-hydrogen) atoms. The summed E-state index contributed by atoms with van der Waals surface area (Å²) >= 11 is 0. The molecule has 0 spiro atoms. The van der Waals surface area contributed by atoms with Gasteiger partial charge in [-0.2, -0.15) is 0 Å². The van der Waals surface area contributed by atoms with Gasteiger partial charge < -0.3 is 10.2 Å². The van der Waals surface area contributed by atoms with Crippen molar-refractivity contribution in [1.82, 2.24) is 14.9 Å². The predicted molar refractivity (Wildman–Crippen MR) is 63.3 cm³/mol. The fourth-order valence-corrected chi connectivity index (χ4v) is 2.81. The van der Waals surface area contributed by atoms with Gasteiger partial charge in [0.2, 0.25) is 5.95 Å². The van der Waals surface area contributed by atoms with Crippen molar-refractivity contribution in [2.24, 2.45) is 5.92 Å². The van der Waals surface area contributed by atoms with Crippen molar-refractivity contribution >= 4 is 5.95 Å². The fraction of sp³-hybridized carbons (Fsp3) is 0.667. The van der Waals surface area contributed by atoms with Gasteiger partial charge in [-0.3, -0.25) is 0 Å². The molecular formula is C12H18N4. The number of hydrogen-bond donors (Lipinski definition) is 1. The first-order valence-electron chi connectivity index (χ1n) is 6.10. The summed E-state index contributed by atoms with van der Waals surface area (Å²) in [5.41, 5.74) is 1.03. The van der Waals surface area contributed by atoms with E-state index >= 15 is 0 Å². The Bertz CT molecular complexity index is 371. The molecule has 86 valence electrons. The van der Waals surface area contributed by atoms with Crippen LogP contribution < -0.4 is 5.32 Å². The van der Waals surface area contributed by atoms with Gasteiger partial charge >= 0.3 is 0 Å². The highest BCUT2D eigenvalue weighted by Gasteiger charge is 2.34. The molecule has 0 aliphatic carbocycles. The molecule has 1 atom stereocenters. The molecular weight excluding hydrogens is 200 g/mol. The lowest BCUT2D eigenvalue weighted by Gasteiger charge is -2.44. The van der Waals surface area contributed by atoms with Gasteiger partial charge in [0.1, 0.15) is 0 Å². The molecule has 4 heteroatoms. The van der Waals surface area contributed by atoms with Crippen LogP contribution in [0, 0.1) is 12.8 Å². The fourth-order valence-electron chi connectivity index (χ4n) is 2.81. The SMILES string of the molecule is Cc1ccnc(NC2CN3CCC2CC3)n1. The first kappa shape index (κ1) is 10.0. The summed E-state index contributed by atoms with van der Waals surface area (Å²) in [6, 6.07) is 2.48. The average Bonchev–Trinajstić information content (AvgIpc) is 2.30. The number of nitrogens with zero attached hydrogens (tertiary/aromatic N) is 3. The Morgan fingerprint density at radius 1 is 1.38 bits per heavy atom. The molecule has 0 aromatic carbocycles. The van der Waals surface area contributed by atoms with Crippen LogP contribution in [0.5, 0.6) is 0 Å². The standard InChI is InChI=1S/C12H18N4/c1-9-2-5-13-12(14-9)15-11-8-16-6-3-10(11)4-7-16/h2,5,10-11H,3-4,6-8H2,1H3,(H,13,14,15). The number of rotatable bonds is 2. The third-order valence-electron chi connectivity index (χ3n) is 3.77. The quantitative estimate of drug-likeness (QED) is 0.812. The number of nitrogens with one attached hydrogen (secondary N) is 1. The molecule has 1 unspecified atom stereocenters. The summed E-state index contributed by atoms with van der Waals surface area (Å²) in [6.45, 7) is 5.71. The van der Waals surface area contributed by atoms with Crippen molar-refractivity contribution in [3.63, 3.8) is 0 Å². The van der Waals surface area contributed by atoms with E-state index in [1.54, 1.807) is 0 Å². The highest BCUT2D eigenvalue weighted by atomic mass is 15.2. The van der Waals surface area contributed by atoms with Gasteiger partial charge in [0.15, 0.2) is 0 Å². The van der Waals surface area contributed by atoms with E-state index in [9.17, 15) is 0 Å². The summed E-state index contributed by atoms with van der Waals surface area (Å²) in [7, 11) is 0. The van der Waals surface area contributed by atoms with E-state index in [-0.39, 0.29) is 0 Å². The molecule has 3 aliphatic heterocycles. The van der Waals surface area contributed by atoms with E-state index in [0.29, 0.717) is 6.04 Å². The zero-order chi connectivity index (χ0) is 11.0. The van der Waals surface area contributed by atoms with E-state index in [1.165, 1.54) is 25.9 Å². The summed E-state index contributed by atoms with van der Waals surface area (Å²) in [4.78, 5) is 11.2. The van der Waals surface area contributed by atoms with Gasteiger partial charge in [0.05, 0.1) is 0 Å². The second-order valence-electron chi connectivity index (χ2n) is 4.91. The van der Waals surface area contributed by atoms with Crippen molar-refractivity contribution in [3.05, 3.63) is 18.0 Å². The Labute approximate surface area is 96.1 Å². The highest BCUT2D eigenvalue weighted by Crippen LogP contribution is 2.28. The van der Waals surface area contributed by atoms with Crippen LogP contribution in [0.1, 0.15) is 18.5 Å². The van der Waals surface area contributed by atoms with Crippen LogP contribution >= 0.6 is 0 Å². The number of piperidine rings is 3. The molecule has 1 aromatic heterocycles. The molecule has 4 nitrogen and oxygen atoms in total. The molecule has 4 rings (SSSR count). The Morgan fingerprint density at radius 2 is 2.19 bits per heavy atom. The van der Waals surface area contributed by atoms with Gasteiger partial charge in [0.25, 0.3) is 0 Å². The lowest BCUT2D eigenvalue weighted by atomic mass is 9.84. The Kier molecular flexibility index (Phi) is 2.52. The minimum atomic E-state index is 0.546. The first-order chi connectivity index (χ1) is 7.81. The lowest BCUT2D eigenvalue weighted by Crippen LogP contribution is -2.53. The van der Waals surface area contributed by atoms with E-state index < -0.39 is 0 Å². The van der Waals surface area contributed by atoms with E-state index in [1.807, 2.05) is 19.2 Å².